The average Bonchev–Trinajstić information content (AvgIpc) is 2.45. The maximum atomic E-state index is 11.7. The molecule has 1 rings (SSSR count). The van der Waals surface area contributed by atoms with Crippen LogP contribution in [-0.2, 0) is 9.53 Å². The number of nitrogens with one attached hydrogen (secondary N) is 4. The maximum absolute atomic E-state index is 11.7. The number of rotatable bonds is 8. The van der Waals surface area contributed by atoms with Crippen LogP contribution in [0.15, 0.2) is 24.3 Å². The quantitative estimate of drug-likeness (QED) is 0.541. The first-order valence-electron chi connectivity index (χ1n) is 7.18. The van der Waals surface area contributed by atoms with E-state index in [2.05, 4.69) is 21.3 Å². The number of halogens is 1. The van der Waals surface area contributed by atoms with Gasteiger partial charge in [-0.05, 0) is 38.1 Å². The van der Waals surface area contributed by atoms with Gasteiger partial charge in [0.2, 0.25) is 5.91 Å². The van der Waals surface area contributed by atoms with Gasteiger partial charge in [0.1, 0.15) is 0 Å². The molecule has 0 aliphatic carbocycles. The van der Waals surface area contributed by atoms with Crippen LogP contribution in [0.25, 0.3) is 0 Å². The Balaban J connectivity index is 0.00000484. The zero-order valence-electron chi connectivity index (χ0n) is 13.6. The zero-order valence-corrected chi connectivity index (χ0v) is 14.5. The fourth-order valence-corrected chi connectivity index (χ4v) is 1.65. The van der Waals surface area contributed by atoms with E-state index in [-0.39, 0.29) is 36.9 Å². The summed E-state index contributed by atoms with van der Waals surface area (Å²) in [6, 6.07) is 6.75. The minimum absolute atomic E-state index is 0. The number of anilines is 2. The van der Waals surface area contributed by atoms with Gasteiger partial charge >= 0.3 is 6.03 Å². The molecule has 8 heteroatoms. The van der Waals surface area contributed by atoms with E-state index in [1.54, 1.807) is 31.4 Å². The molecule has 0 saturated carbocycles. The Kier molecular flexibility index (Phi) is 10.8. The Morgan fingerprint density at radius 2 is 1.65 bits per heavy atom. The van der Waals surface area contributed by atoms with Crippen molar-refractivity contribution in [2.24, 2.45) is 0 Å². The van der Waals surface area contributed by atoms with Crippen LogP contribution >= 0.6 is 12.4 Å². The molecule has 4 N–H and O–H groups in total. The molecular weight excluding hydrogens is 320 g/mol. The highest BCUT2D eigenvalue weighted by Crippen LogP contribution is 2.13. The van der Waals surface area contributed by atoms with E-state index < -0.39 is 0 Å². The van der Waals surface area contributed by atoms with Crippen LogP contribution in [0.3, 0.4) is 0 Å². The number of carbonyl (C=O) groups excluding carboxylic acids is 2. The fourth-order valence-electron chi connectivity index (χ4n) is 1.65. The summed E-state index contributed by atoms with van der Waals surface area (Å²) in [5, 5.41) is 11.2. The van der Waals surface area contributed by atoms with Gasteiger partial charge in [-0.2, -0.15) is 0 Å². The van der Waals surface area contributed by atoms with Crippen molar-refractivity contribution in [3.8, 4) is 0 Å². The molecule has 1 aromatic carbocycles. The van der Waals surface area contributed by atoms with Crippen molar-refractivity contribution in [1.29, 1.82) is 0 Å². The van der Waals surface area contributed by atoms with E-state index in [1.165, 1.54) is 0 Å². The van der Waals surface area contributed by atoms with Crippen LogP contribution in [-0.4, -0.2) is 44.8 Å². The molecule has 0 radical (unpaired) electrons. The van der Waals surface area contributed by atoms with Gasteiger partial charge in [0.05, 0.1) is 13.2 Å². The molecule has 23 heavy (non-hydrogen) atoms. The second kappa shape index (κ2) is 11.7. The lowest BCUT2D eigenvalue weighted by Crippen LogP contribution is -2.34. The minimum atomic E-state index is -0.255. The molecule has 0 aromatic heterocycles. The molecule has 0 bridgehead atoms. The van der Waals surface area contributed by atoms with Crippen LogP contribution in [0.5, 0.6) is 0 Å². The number of amides is 3. The predicted molar refractivity (Wildman–Crippen MR) is 94.4 cm³/mol. The zero-order chi connectivity index (χ0) is 16.4. The van der Waals surface area contributed by atoms with Crippen molar-refractivity contribution < 1.29 is 14.3 Å². The standard InChI is InChI=1S/C15H24N4O3.ClH/c1-11(2)17-15(21)19-13-6-4-12(5-7-13)18-14(20)10-16-8-9-22-3;/h4-7,11,16H,8-10H2,1-3H3,(H,18,20)(H2,17,19,21);1H. The van der Waals surface area contributed by atoms with Crippen molar-refractivity contribution in [3.05, 3.63) is 24.3 Å². The summed E-state index contributed by atoms with van der Waals surface area (Å²) in [6.45, 7) is 5.18. The van der Waals surface area contributed by atoms with Crippen LogP contribution in [0.2, 0.25) is 0 Å². The second-order valence-electron chi connectivity index (χ2n) is 5.05. The smallest absolute Gasteiger partial charge is 0.319 e. The molecule has 0 atom stereocenters. The lowest BCUT2D eigenvalue weighted by atomic mass is 10.2. The Morgan fingerprint density at radius 3 is 2.17 bits per heavy atom. The second-order valence-corrected chi connectivity index (χ2v) is 5.05. The van der Waals surface area contributed by atoms with E-state index in [1.807, 2.05) is 13.8 Å². The van der Waals surface area contributed by atoms with Crippen LogP contribution in [0.1, 0.15) is 13.8 Å². The molecule has 0 fully saturated rings. The molecule has 7 nitrogen and oxygen atoms in total. The first-order chi connectivity index (χ1) is 10.5. The third-order valence-corrected chi connectivity index (χ3v) is 2.61. The maximum Gasteiger partial charge on any atom is 0.319 e. The molecular formula is C15H25ClN4O3. The number of carbonyl (C=O) groups is 2. The largest absolute Gasteiger partial charge is 0.383 e. The molecule has 0 aliphatic heterocycles. The lowest BCUT2D eigenvalue weighted by Gasteiger charge is -2.11. The van der Waals surface area contributed by atoms with Crippen LogP contribution in [0.4, 0.5) is 16.2 Å². The number of ether oxygens (including phenoxy) is 1. The summed E-state index contributed by atoms with van der Waals surface area (Å²) in [4.78, 5) is 23.2. The number of methoxy groups -OCH3 is 1. The first-order valence-corrected chi connectivity index (χ1v) is 7.18. The van der Waals surface area contributed by atoms with Gasteiger partial charge in [-0.15, -0.1) is 12.4 Å². The molecule has 0 saturated heterocycles. The molecule has 0 unspecified atom stereocenters. The van der Waals surface area contributed by atoms with Gasteiger partial charge in [-0.3, -0.25) is 4.79 Å². The highest BCUT2D eigenvalue weighted by atomic mass is 35.5. The third kappa shape index (κ3) is 9.72. The van der Waals surface area contributed by atoms with Crippen molar-refractivity contribution in [2.75, 3.05) is 37.4 Å². The molecule has 130 valence electrons. The van der Waals surface area contributed by atoms with Gasteiger partial charge in [0.15, 0.2) is 0 Å². The Morgan fingerprint density at radius 1 is 1.09 bits per heavy atom. The van der Waals surface area contributed by atoms with E-state index in [0.29, 0.717) is 24.5 Å². The van der Waals surface area contributed by atoms with E-state index in [9.17, 15) is 9.59 Å². The summed E-state index contributed by atoms with van der Waals surface area (Å²) in [6.07, 6.45) is 0. The summed E-state index contributed by atoms with van der Waals surface area (Å²) < 4.78 is 4.88. The van der Waals surface area contributed by atoms with Gasteiger partial charge in [-0.1, -0.05) is 0 Å². The Bertz CT molecular complexity index is 480. The monoisotopic (exact) mass is 344 g/mol. The summed E-state index contributed by atoms with van der Waals surface area (Å²) in [7, 11) is 1.61. The summed E-state index contributed by atoms with van der Waals surface area (Å²) in [5.41, 5.74) is 1.34. The third-order valence-electron chi connectivity index (χ3n) is 2.61. The topological polar surface area (TPSA) is 91.5 Å². The summed E-state index contributed by atoms with van der Waals surface area (Å²) >= 11 is 0. The Hall–Kier alpha value is -1.83. The van der Waals surface area contributed by atoms with Crippen molar-refractivity contribution >= 4 is 35.7 Å². The average molecular weight is 345 g/mol. The number of benzene rings is 1. The van der Waals surface area contributed by atoms with Crippen LogP contribution in [0, 0.1) is 0 Å². The van der Waals surface area contributed by atoms with E-state index >= 15 is 0 Å². The molecule has 0 heterocycles. The van der Waals surface area contributed by atoms with E-state index in [4.69, 9.17) is 4.74 Å². The SMILES string of the molecule is COCCNCC(=O)Nc1ccc(NC(=O)NC(C)C)cc1.Cl. The number of hydrogen-bond donors (Lipinski definition) is 4. The fraction of sp³-hybridized carbons (Fsp3) is 0.467. The Labute approximate surface area is 143 Å². The van der Waals surface area contributed by atoms with Gasteiger partial charge < -0.3 is 26.0 Å². The highest BCUT2D eigenvalue weighted by Gasteiger charge is 2.04. The summed E-state index contributed by atoms with van der Waals surface area (Å²) in [5.74, 6) is -0.130. The normalized spacial score (nSPS) is 9.91. The lowest BCUT2D eigenvalue weighted by molar-refractivity contribution is -0.115. The van der Waals surface area contributed by atoms with Gasteiger partial charge in [0, 0.05) is 31.1 Å². The predicted octanol–water partition coefficient (Wildman–Crippen LogP) is 1.81. The van der Waals surface area contributed by atoms with Crippen LogP contribution < -0.4 is 21.3 Å². The van der Waals surface area contributed by atoms with Crippen molar-refractivity contribution in [3.63, 3.8) is 0 Å². The highest BCUT2D eigenvalue weighted by molar-refractivity contribution is 5.93. The van der Waals surface area contributed by atoms with Gasteiger partial charge in [-0.25, -0.2) is 4.79 Å². The molecule has 0 spiro atoms. The van der Waals surface area contributed by atoms with Crippen molar-refractivity contribution in [2.45, 2.75) is 19.9 Å². The molecule has 1 aromatic rings. The molecule has 3 amide bonds. The number of urea groups is 1. The minimum Gasteiger partial charge on any atom is -0.383 e. The first kappa shape index (κ1) is 21.2. The molecule has 0 aliphatic rings. The number of hydrogen-bond acceptors (Lipinski definition) is 4. The van der Waals surface area contributed by atoms with Crippen molar-refractivity contribution in [1.82, 2.24) is 10.6 Å². The van der Waals surface area contributed by atoms with E-state index in [0.717, 1.165) is 0 Å². The van der Waals surface area contributed by atoms with Gasteiger partial charge in [0.25, 0.3) is 0 Å².